The fraction of sp³-hybridized carbons (Fsp3) is 0.571. The van der Waals surface area contributed by atoms with Crippen molar-refractivity contribution in [1.29, 1.82) is 0 Å². The van der Waals surface area contributed by atoms with Gasteiger partial charge in [-0.05, 0) is 43.4 Å². The summed E-state index contributed by atoms with van der Waals surface area (Å²) < 4.78 is 5.60. The van der Waals surface area contributed by atoms with Crippen molar-refractivity contribution >= 4 is 17.3 Å². The van der Waals surface area contributed by atoms with E-state index in [1.54, 1.807) is 0 Å². The van der Waals surface area contributed by atoms with E-state index in [0.717, 1.165) is 30.8 Å². The second kappa shape index (κ2) is 6.87. The van der Waals surface area contributed by atoms with Crippen molar-refractivity contribution in [3.05, 3.63) is 29.8 Å². The number of benzene rings is 1. The summed E-state index contributed by atoms with van der Waals surface area (Å²) in [5.74, 6) is 0.575. The van der Waals surface area contributed by atoms with Gasteiger partial charge in [0.15, 0.2) is 0 Å². The van der Waals surface area contributed by atoms with Gasteiger partial charge >= 0.3 is 0 Å². The van der Waals surface area contributed by atoms with Crippen LogP contribution in [0.25, 0.3) is 0 Å². The minimum Gasteiger partial charge on any atom is -0.385 e. The Hall–Kier alpha value is -0.730. The largest absolute Gasteiger partial charge is 0.385 e. The fourth-order valence-electron chi connectivity index (χ4n) is 2.20. The Morgan fingerprint density at radius 1 is 1.41 bits per heavy atom. The Kier molecular flexibility index (Phi) is 5.14. The summed E-state index contributed by atoms with van der Waals surface area (Å²) in [6.45, 7) is 1.96. The molecule has 1 aliphatic heterocycles. The highest BCUT2D eigenvalue weighted by molar-refractivity contribution is 6.17. The van der Waals surface area contributed by atoms with Crippen LogP contribution in [0.5, 0.6) is 0 Å². The second-order valence-electron chi connectivity index (χ2n) is 4.54. The van der Waals surface area contributed by atoms with Gasteiger partial charge in [-0.15, -0.1) is 11.6 Å². The summed E-state index contributed by atoms with van der Waals surface area (Å²) in [5, 5.41) is 3.43. The topological polar surface area (TPSA) is 21.3 Å². The van der Waals surface area contributed by atoms with Crippen molar-refractivity contribution < 1.29 is 4.74 Å². The van der Waals surface area contributed by atoms with Crippen molar-refractivity contribution in [2.45, 2.75) is 37.7 Å². The van der Waals surface area contributed by atoms with Crippen LogP contribution in [0.4, 0.5) is 5.69 Å². The average molecular weight is 254 g/mol. The lowest BCUT2D eigenvalue weighted by molar-refractivity contribution is 0.103. The molecule has 0 aromatic heterocycles. The lowest BCUT2D eigenvalue weighted by atomic mass is 10.1. The minimum absolute atomic E-state index is 0.506. The van der Waals surface area contributed by atoms with Gasteiger partial charge < -0.3 is 10.1 Å². The lowest BCUT2D eigenvalue weighted by Crippen LogP contribution is -2.09. The highest BCUT2D eigenvalue weighted by Crippen LogP contribution is 2.17. The first-order valence-corrected chi connectivity index (χ1v) is 6.92. The lowest BCUT2D eigenvalue weighted by Gasteiger charge is -2.10. The molecule has 0 bridgehead atoms. The first-order chi connectivity index (χ1) is 8.38. The quantitative estimate of drug-likeness (QED) is 0.615. The van der Waals surface area contributed by atoms with E-state index in [1.807, 2.05) is 12.1 Å². The fourth-order valence-corrected chi connectivity index (χ4v) is 2.37. The van der Waals surface area contributed by atoms with Gasteiger partial charge in [-0.1, -0.05) is 12.1 Å². The Labute approximate surface area is 108 Å². The molecule has 17 heavy (non-hydrogen) atoms. The van der Waals surface area contributed by atoms with E-state index in [-0.39, 0.29) is 0 Å². The molecule has 0 spiro atoms. The van der Waals surface area contributed by atoms with E-state index in [9.17, 15) is 0 Å². The van der Waals surface area contributed by atoms with Gasteiger partial charge in [0, 0.05) is 24.7 Å². The predicted octanol–water partition coefficient (Wildman–Crippen LogP) is 3.80. The molecule has 3 heteroatoms. The monoisotopic (exact) mass is 253 g/mol. The standard InChI is InChI=1S/C14H20ClNO/c15-11-12-4-1-5-13(10-12)16-8-2-6-14-7-3-9-17-14/h1,4-5,10,14,16H,2-3,6-9,11H2. The van der Waals surface area contributed by atoms with Gasteiger partial charge in [0.1, 0.15) is 0 Å². The third-order valence-electron chi connectivity index (χ3n) is 3.14. The van der Waals surface area contributed by atoms with Gasteiger partial charge in [-0.3, -0.25) is 0 Å². The number of anilines is 1. The molecule has 0 saturated carbocycles. The van der Waals surface area contributed by atoms with E-state index < -0.39 is 0 Å². The zero-order valence-corrected chi connectivity index (χ0v) is 10.9. The van der Waals surface area contributed by atoms with E-state index in [1.165, 1.54) is 19.3 Å². The van der Waals surface area contributed by atoms with E-state index in [2.05, 4.69) is 17.4 Å². The van der Waals surface area contributed by atoms with Gasteiger partial charge in [0.25, 0.3) is 0 Å². The molecule has 1 heterocycles. The van der Waals surface area contributed by atoms with Gasteiger partial charge in [0.05, 0.1) is 6.10 Å². The van der Waals surface area contributed by atoms with E-state index in [0.29, 0.717) is 12.0 Å². The van der Waals surface area contributed by atoms with Crippen LogP contribution in [0.1, 0.15) is 31.2 Å². The summed E-state index contributed by atoms with van der Waals surface area (Å²) in [5.41, 5.74) is 2.33. The van der Waals surface area contributed by atoms with Crippen LogP contribution >= 0.6 is 11.6 Å². The normalized spacial score (nSPS) is 19.5. The summed E-state index contributed by atoms with van der Waals surface area (Å²) >= 11 is 5.80. The van der Waals surface area contributed by atoms with Gasteiger partial charge in [-0.25, -0.2) is 0 Å². The number of alkyl halides is 1. The van der Waals surface area contributed by atoms with Crippen molar-refractivity contribution in [2.24, 2.45) is 0 Å². The molecule has 2 nitrogen and oxygen atoms in total. The van der Waals surface area contributed by atoms with Crippen molar-refractivity contribution in [1.82, 2.24) is 0 Å². The molecule has 0 radical (unpaired) electrons. The van der Waals surface area contributed by atoms with Crippen LogP contribution in [0, 0.1) is 0 Å². The van der Waals surface area contributed by atoms with Gasteiger partial charge in [-0.2, -0.15) is 0 Å². The number of rotatable bonds is 6. The van der Waals surface area contributed by atoms with Crippen LogP contribution in [0.2, 0.25) is 0 Å². The third kappa shape index (κ3) is 4.21. The molecule has 0 aliphatic carbocycles. The van der Waals surface area contributed by atoms with Crippen molar-refractivity contribution in [3.63, 3.8) is 0 Å². The maximum Gasteiger partial charge on any atom is 0.0576 e. The molecule has 94 valence electrons. The highest BCUT2D eigenvalue weighted by Gasteiger charge is 2.14. The molecule has 1 aromatic rings. The smallest absolute Gasteiger partial charge is 0.0576 e. The number of hydrogen-bond donors (Lipinski definition) is 1. The zero-order valence-electron chi connectivity index (χ0n) is 10.1. The van der Waals surface area contributed by atoms with Crippen LogP contribution in [-0.4, -0.2) is 19.3 Å². The summed E-state index contributed by atoms with van der Waals surface area (Å²) in [4.78, 5) is 0. The minimum atomic E-state index is 0.506. The molecule has 1 atom stereocenters. The first-order valence-electron chi connectivity index (χ1n) is 6.39. The third-order valence-corrected chi connectivity index (χ3v) is 3.45. The molecule has 1 aromatic carbocycles. The summed E-state index contributed by atoms with van der Waals surface area (Å²) in [7, 11) is 0. The number of nitrogens with one attached hydrogen (secondary N) is 1. The molecular weight excluding hydrogens is 234 g/mol. The highest BCUT2D eigenvalue weighted by atomic mass is 35.5. The Bertz CT molecular complexity index is 337. The van der Waals surface area contributed by atoms with Gasteiger partial charge in [0.2, 0.25) is 0 Å². The van der Waals surface area contributed by atoms with Crippen LogP contribution in [0.3, 0.4) is 0 Å². The molecule has 1 aliphatic rings. The van der Waals surface area contributed by atoms with Crippen molar-refractivity contribution in [2.75, 3.05) is 18.5 Å². The summed E-state index contributed by atoms with van der Waals surface area (Å²) in [6, 6.07) is 8.28. The predicted molar refractivity (Wildman–Crippen MR) is 72.7 cm³/mol. The summed E-state index contributed by atoms with van der Waals surface area (Å²) in [6.07, 6.45) is 5.31. The Morgan fingerprint density at radius 2 is 2.35 bits per heavy atom. The van der Waals surface area contributed by atoms with E-state index in [4.69, 9.17) is 16.3 Å². The second-order valence-corrected chi connectivity index (χ2v) is 4.81. The van der Waals surface area contributed by atoms with Crippen LogP contribution in [0.15, 0.2) is 24.3 Å². The Morgan fingerprint density at radius 3 is 3.12 bits per heavy atom. The molecule has 2 rings (SSSR count). The molecule has 1 N–H and O–H groups in total. The van der Waals surface area contributed by atoms with Crippen molar-refractivity contribution in [3.8, 4) is 0 Å². The number of hydrogen-bond acceptors (Lipinski definition) is 2. The van der Waals surface area contributed by atoms with Crippen LogP contribution < -0.4 is 5.32 Å². The molecule has 0 amide bonds. The molecular formula is C14H20ClNO. The average Bonchev–Trinajstić information content (AvgIpc) is 2.88. The zero-order chi connectivity index (χ0) is 11.9. The van der Waals surface area contributed by atoms with E-state index >= 15 is 0 Å². The van der Waals surface area contributed by atoms with Crippen LogP contribution in [-0.2, 0) is 10.6 Å². The maximum absolute atomic E-state index is 5.80. The maximum atomic E-state index is 5.80. The Balaban J connectivity index is 1.66. The molecule has 1 fully saturated rings. The molecule has 1 saturated heterocycles. The SMILES string of the molecule is ClCc1cccc(NCCCC2CCCO2)c1. The number of halogens is 1. The first kappa shape index (κ1) is 12.7. The number of ether oxygens (including phenoxy) is 1. The molecule has 1 unspecified atom stereocenters.